The number of benzene rings is 1. The van der Waals surface area contributed by atoms with E-state index in [9.17, 15) is 0 Å². The molecule has 0 aliphatic carbocycles. The fourth-order valence-electron chi connectivity index (χ4n) is 3.50. The molecule has 6 heteroatoms. The fourth-order valence-corrected chi connectivity index (χ4v) is 3.50. The molecule has 1 N–H and O–H groups in total. The normalized spacial score (nSPS) is 15.3. The summed E-state index contributed by atoms with van der Waals surface area (Å²) in [5, 5.41) is 3.49. The maximum absolute atomic E-state index is 4.42. The van der Waals surface area contributed by atoms with Crippen molar-refractivity contribution in [2.45, 2.75) is 32.4 Å². The van der Waals surface area contributed by atoms with Gasteiger partial charge in [-0.25, -0.2) is 15.0 Å². The van der Waals surface area contributed by atoms with Crippen LogP contribution in [0.2, 0.25) is 0 Å². The van der Waals surface area contributed by atoms with Gasteiger partial charge in [-0.2, -0.15) is 0 Å². The number of hydrogen-bond donors (Lipinski definition) is 1. The van der Waals surface area contributed by atoms with Crippen molar-refractivity contribution in [2.24, 2.45) is 7.05 Å². The predicted molar refractivity (Wildman–Crippen MR) is 99.4 cm³/mol. The van der Waals surface area contributed by atoms with Crippen LogP contribution in [0.25, 0.3) is 11.2 Å². The van der Waals surface area contributed by atoms with E-state index in [1.54, 1.807) is 12.7 Å². The lowest BCUT2D eigenvalue weighted by molar-refractivity contribution is 0.115. The Balaban J connectivity index is 1.50. The average molecular weight is 336 g/mol. The second-order valence-electron chi connectivity index (χ2n) is 7.36. The molecule has 0 radical (unpaired) electrons. The average Bonchev–Trinajstić information content (AvgIpc) is 3.01. The molecule has 130 valence electrons. The van der Waals surface area contributed by atoms with Crippen LogP contribution in [0.15, 0.2) is 36.9 Å². The molecule has 1 aliphatic rings. The molecule has 25 heavy (non-hydrogen) atoms. The van der Waals surface area contributed by atoms with Crippen LogP contribution in [0.4, 0.5) is 5.82 Å². The molecule has 3 aromatic rings. The van der Waals surface area contributed by atoms with Crippen LogP contribution < -0.4 is 5.32 Å². The maximum atomic E-state index is 4.42. The Labute approximate surface area is 147 Å². The first-order valence-electron chi connectivity index (χ1n) is 8.72. The predicted octanol–water partition coefficient (Wildman–Crippen LogP) is 2.61. The van der Waals surface area contributed by atoms with Gasteiger partial charge in [-0.15, -0.1) is 0 Å². The van der Waals surface area contributed by atoms with E-state index in [1.165, 1.54) is 11.1 Å². The summed E-state index contributed by atoms with van der Waals surface area (Å²) in [5.41, 5.74) is 4.61. The number of fused-ring (bicyclic) bond motifs is 2. The summed E-state index contributed by atoms with van der Waals surface area (Å²) in [6, 6.07) is 8.75. The maximum Gasteiger partial charge on any atom is 0.165 e. The van der Waals surface area contributed by atoms with E-state index in [0.29, 0.717) is 0 Å². The molecule has 0 saturated carbocycles. The van der Waals surface area contributed by atoms with Gasteiger partial charge in [0.25, 0.3) is 0 Å². The van der Waals surface area contributed by atoms with Gasteiger partial charge in [0.15, 0.2) is 11.5 Å². The summed E-state index contributed by atoms with van der Waals surface area (Å²) in [5.74, 6) is 0.802. The molecule has 0 amide bonds. The van der Waals surface area contributed by atoms with Crippen molar-refractivity contribution in [3.63, 3.8) is 0 Å². The topological polar surface area (TPSA) is 58.9 Å². The first-order valence-corrected chi connectivity index (χ1v) is 8.72. The quantitative estimate of drug-likeness (QED) is 0.794. The van der Waals surface area contributed by atoms with Crippen molar-refractivity contribution < 1.29 is 0 Å². The summed E-state index contributed by atoms with van der Waals surface area (Å²) < 4.78 is 1.91. The zero-order valence-electron chi connectivity index (χ0n) is 15.0. The molecule has 0 atom stereocenters. The van der Waals surface area contributed by atoms with Gasteiger partial charge in [-0.1, -0.05) is 24.3 Å². The van der Waals surface area contributed by atoms with E-state index < -0.39 is 0 Å². The Hall–Kier alpha value is -2.47. The van der Waals surface area contributed by atoms with Crippen LogP contribution in [-0.2, 0) is 20.0 Å². The van der Waals surface area contributed by atoms with Crippen molar-refractivity contribution in [1.82, 2.24) is 24.4 Å². The van der Waals surface area contributed by atoms with Gasteiger partial charge in [0, 0.05) is 32.2 Å². The molecule has 0 fully saturated rings. The van der Waals surface area contributed by atoms with Crippen LogP contribution in [0.5, 0.6) is 0 Å². The number of imidazole rings is 1. The van der Waals surface area contributed by atoms with E-state index in [2.05, 4.69) is 63.3 Å². The van der Waals surface area contributed by atoms with Crippen LogP contribution in [0, 0.1) is 0 Å². The van der Waals surface area contributed by atoms with Crippen LogP contribution in [0.1, 0.15) is 25.0 Å². The van der Waals surface area contributed by atoms with Crippen LogP contribution in [-0.4, -0.2) is 43.0 Å². The van der Waals surface area contributed by atoms with Crippen LogP contribution in [0.3, 0.4) is 0 Å². The largest absolute Gasteiger partial charge is 0.366 e. The Morgan fingerprint density at radius 2 is 1.92 bits per heavy atom. The molecule has 4 rings (SSSR count). The summed E-state index contributed by atoms with van der Waals surface area (Å²) in [6.07, 6.45) is 4.48. The first-order chi connectivity index (χ1) is 12.0. The van der Waals surface area contributed by atoms with Gasteiger partial charge < -0.3 is 9.88 Å². The van der Waals surface area contributed by atoms with E-state index in [4.69, 9.17) is 0 Å². The zero-order chi connectivity index (χ0) is 17.4. The number of rotatable bonds is 4. The third kappa shape index (κ3) is 2.98. The molecule has 1 aromatic carbocycles. The summed E-state index contributed by atoms with van der Waals surface area (Å²) in [7, 11) is 1.95. The standard InChI is InChI=1S/C19H24N6/c1-19(2,25-9-8-14-6-4-5-7-15(14)10-25)11-20-17-16-18(22-12-21-17)24(3)13-23-16/h4-7,12-13H,8-11H2,1-3H3,(H,20,21,22). The molecule has 6 nitrogen and oxygen atoms in total. The lowest BCUT2D eigenvalue weighted by Crippen LogP contribution is -2.50. The fraction of sp³-hybridized carbons (Fsp3) is 0.421. The second-order valence-corrected chi connectivity index (χ2v) is 7.36. The molecule has 1 aliphatic heterocycles. The van der Waals surface area contributed by atoms with Gasteiger partial charge in [-0.05, 0) is 31.4 Å². The molecule has 3 heterocycles. The number of anilines is 1. The van der Waals surface area contributed by atoms with Crippen molar-refractivity contribution >= 4 is 17.0 Å². The highest BCUT2D eigenvalue weighted by Gasteiger charge is 2.29. The third-order valence-electron chi connectivity index (χ3n) is 5.17. The molecule has 0 unspecified atom stereocenters. The van der Waals surface area contributed by atoms with E-state index in [0.717, 1.165) is 43.0 Å². The monoisotopic (exact) mass is 336 g/mol. The SMILES string of the molecule is Cn1cnc2c(NCC(C)(C)N3CCc4ccccc4C3)ncnc21. The molecular weight excluding hydrogens is 312 g/mol. The minimum Gasteiger partial charge on any atom is -0.366 e. The smallest absolute Gasteiger partial charge is 0.165 e. The Bertz CT molecular complexity index is 898. The van der Waals surface area contributed by atoms with Crippen molar-refractivity contribution in [2.75, 3.05) is 18.4 Å². The second kappa shape index (κ2) is 6.11. The number of aromatic nitrogens is 4. The molecule has 0 saturated heterocycles. The van der Waals surface area contributed by atoms with Gasteiger partial charge in [0.05, 0.1) is 6.33 Å². The number of nitrogens with one attached hydrogen (secondary N) is 1. The van der Waals surface area contributed by atoms with Gasteiger partial charge in [0.1, 0.15) is 11.8 Å². The minimum atomic E-state index is 0.0135. The molecule has 0 spiro atoms. The molecule has 2 aromatic heterocycles. The molecular formula is C19H24N6. The Morgan fingerprint density at radius 3 is 2.76 bits per heavy atom. The third-order valence-corrected chi connectivity index (χ3v) is 5.17. The summed E-state index contributed by atoms with van der Waals surface area (Å²) >= 11 is 0. The Kier molecular flexibility index (Phi) is 3.92. The lowest BCUT2D eigenvalue weighted by Gasteiger charge is -2.41. The highest BCUT2D eigenvalue weighted by molar-refractivity contribution is 5.82. The van der Waals surface area contributed by atoms with Gasteiger partial charge in [-0.3, -0.25) is 4.90 Å². The first kappa shape index (κ1) is 16.0. The van der Waals surface area contributed by atoms with Crippen molar-refractivity contribution in [3.8, 4) is 0 Å². The summed E-state index contributed by atoms with van der Waals surface area (Å²) in [6.45, 7) is 7.44. The Morgan fingerprint density at radius 1 is 1.12 bits per heavy atom. The lowest BCUT2D eigenvalue weighted by atomic mass is 9.94. The zero-order valence-corrected chi connectivity index (χ0v) is 15.0. The number of hydrogen-bond acceptors (Lipinski definition) is 5. The van der Waals surface area contributed by atoms with Crippen LogP contribution >= 0.6 is 0 Å². The van der Waals surface area contributed by atoms with E-state index in [-0.39, 0.29) is 5.54 Å². The van der Waals surface area contributed by atoms with Crippen molar-refractivity contribution in [3.05, 3.63) is 48.0 Å². The highest BCUT2D eigenvalue weighted by Crippen LogP contribution is 2.26. The van der Waals surface area contributed by atoms with E-state index in [1.807, 2.05) is 11.6 Å². The number of aryl methyl sites for hydroxylation is 1. The van der Waals surface area contributed by atoms with E-state index >= 15 is 0 Å². The van der Waals surface area contributed by atoms with Crippen molar-refractivity contribution in [1.29, 1.82) is 0 Å². The minimum absolute atomic E-state index is 0.0135. The number of nitrogens with zero attached hydrogens (tertiary/aromatic N) is 5. The highest BCUT2D eigenvalue weighted by atomic mass is 15.2. The molecule has 0 bridgehead atoms. The van der Waals surface area contributed by atoms with Gasteiger partial charge >= 0.3 is 0 Å². The van der Waals surface area contributed by atoms with Gasteiger partial charge in [0.2, 0.25) is 0 Å². The summed E-state index contributed by atoms with van der Waals surface area (Å²) in [4.78, 5) is 15.7.